The van der Waals surface area contributed by atoms with Gasteiger partial charge in [0.2, 0.25) is 0 Å². The van der Waals surface area contributed by atoms with Crippen LogP contribution in [0.25, 0.3) is 0 Å². The smallest absolute Gasteiger partial charge is 0.257 e. The minimum atomic E-state index is -0.322. The van der Waals surface area contributed by atoms with Crippen LogP contribution in [0.2, 0.25) is 0 Å². The van der Waals surface area contributed by atoms with Gasteiger partial charge in [0.1, 0.15) is 5.82 Å². The Hall–Kier alpha value is -2.10. The SMILES string of the molecule is Cn1ccc(C(=O)Nc2ccc(F)cc2)c1. The monoisotopic (exact) mass is 218 g/mol. The van der Waals surface area contributed by atoms with Crippen molar-refractivity contribution >= 4 is 11.6 Å². The van der Waals surface area contributed by atoms with E-state index >= 15 is 0 Å². The largest absolute Gasteiger partial charge is 0.356 e. The van der Waals surface area contributed by atoms with Crippen molar-refractivity contribution in [3.63, 3.8) is 0 Å². The van der Waals surface area contributed by atoms with Crippen molar-refractivity contribution in [1.29, 1.82) is 0 Å². The average Bonchev–Trinajstić information content (AvgIpc) is 2.68. The summed E-state index contributed by atoms with van der Waals surface area (Å²) in [5, 5.41) is 2.68. The number of anilines is 1. The van der Waals surface area contributed by atoms with Gasteiger partial charge >= 0.3 is 0 Å². The van der Waals surface area contributed by atoms with Gasteiger partial charge in [0, 0.05) is 25.1 Å². The number of nitrogens with one attached hydrogen (secondary N) is 1. The Labute approximate surface area is 92.5 Å². The summed E-state index contributed by atoms with van der Waals surface area (Å²) in [5.74, 6) is -0.523. The number of benzene rings is 1. The van der Waals surface area contributed by atoms with Gasteiger partial charge < -0.3 is 9.88 Å². The normalized spacial score (nSPS) is 10.1. The number of hydrogen-bond donors (Lipinski definition) is 1. The van der Waals surface area contributed by atoms with Gasteiger partial charge in [-0.25, -0.2) is 4.39 Å². The van der Waals surface area contributed by atoms with E-state index in [-0.39, 0.29) is 11.7 Å². The zero-order chi connectivity index (χ0) is 11.5. The van der Waals surface area contributed by atoms with Crippen LogP contribution < -0.4 is 5.32 Å². The van der Waals surface area contributed by atoms with E-state index in [1.165, 1.54) is 24.3 Å². The summed E-state index contributed by atoms with van der Waals surface area (Å²) in [6.07, 6.45) is 3.51. The lowest BCUT2D eigenvalue weighted by molar-refractivity contribution is 0.102. The lowest BCUT2D eigenvalue weighted by Crippen LogP contribution is -2.10. The standard InChI is InChI=1S/C12H11FN2O/c1-15-7-6-9(8-15)12(16)14-11-4-2-10(13)3-5-11/h2-8H,1H3,(H,14,16). The Bertz CT molecular complexity index is 502. The van der Waals surface area contributed by atoms with Gasteiger partial charge in [-0.2, -0.15) is 0 Å². The summed E-state index contributed by atoms with van der Waals surface area (Å²) in [6.45, 7) is 0. The number of carbonyl (C=O) groups excluding carboxylic acids is 1. The van der Waals surface area contributed by atoms with Gasteiger partial charge in [0.25, 0.3) is 5.91 Å². The molecule has 3 nitrogen and oxygen atoms in total. The Kier molecular flexibility index (Phi) is 2.72. The number of hydrogen-bond acceptors (Lipinski definition) is 1. The molecule has 1 aromatic heterocycles. The number of nitrogens with zero attached hydrogens (tertiary/aromatic N) is 1. The van der Waals surface area contributed by atoms with E-state index in [1.54, 1.807) is 23.0 Å². The number of amides is 1. The van der Waals surface area contributed by atoms with Crippen LogP contribution in [0.4, 0.5) is 10.1 Å². The molecule has 0 saturated heterocycles. The summed E-state index contributed by atoms with van der Waals surface area (Å²) >= 11 is 0. The fraction of sp³-hybridized carbons (Fsp3) is 0.0833. The van der Waals surface area contributed by atoms with E-state index in [1.807, 2.05) is 7.05 Å². The molecule has 16 heavy (non-hydrogen) atoms. The van der Waals surface area contributed by atoms with E-state index in [0.29, 0.717) is 11.3 Å². The molecule has 1 heterocycles. The fourth-order valence-corrected chi connectivity index (χ4v) is 1.37. The van der Waals surface area contributed by atoms with Gasteiger partial charge in [-0.3, -0.25) is 4.79 Å². The molecule has 0 atom stereocenters. The van der Waals surface area contributed by atoms with Crippen LogP contribution >= 0.6 is 0 Å². The minimum Gasteiger partial charge on any atom is -0.356 e. The van der Waals surface area contributed by atoms with Crippen molar-refractivity contribution in [3.8, 4) is 0 Å². The summed E-state index contributed by atoms with van der Waals surface area (Å²) < 4.78 is 14.4. The van der Waals surface area contributed by atoms with Crippen molar-refractivity contribution in [2.45, 2.75) is 0 Å². The Balaban J connectivity index is 2.10. The van der Waals surface area contributed by atoms with Crippen LogP contribution in [0, 0.1) is 5.82 Å². The van der Waals surface area contributed by atoms with Crippen molar-refractivity contribution in [1.82, 2.24) is 4.57 Å². The average molecular weight is 218 g/mol. The summed E-state index contributed by atoms with van der Waals surface area (Å²) in [5.41, 5.74) is 1.15. The maximum absolute atomic E-state index is 12.6. The first-order valence-corrected chi connectivity index (χ1v) is 4.84. The molecule has 2 rings (SSSR count). The molecule has 82 valence electrons. The maximum atomic E-state index is 12.6. The van der Waals surface area contributed by atoms with Gasteiger partial charge in [-0.05, 0) is 30.3 Å². The van der Waals surface area contributed by atoms with E-state index in [4.69, 9.17) is 0 Å². The molecular weight excluding hydrogens is 207 g/mol. The highest BCUT2D eigenvalue weighted by Crippen LogP contribution is 2.10. The summed E-state index contributed by atoms with van der Waals surface area (Å²) in [6, 6.07) is 7.38. The topological polar surface area (TPSA) is 34.0 Å². The number of rotatable bonds is 2. The third-order valence-electron chi connectivity index (χ3n) is 2.20. The molecule has 0 aliphatic rings. The first-order chi connectivity index (χ1) is 7.65. The molecule has 0 fully saturated rings. The first kappa shape index (κ1) is 10.4. The lowest BCUT2D eigenvalue weighted by Gasteiger charge is -2.02. The lowest BCUT2D eigenvalue weighted by atomic mass is 10.2. The van der Waals surface area contributed by atoms with Gasteiger partial charge in [0.15, 0.2) is 0 Å². The van der Waals surface area contributed by atoms with Crippen LogP contribution in [0.1, 0.15) is 10.4 Å². The molecule has 0 bridgehead atoms. The van der Waals surface area contributed by atoms with Crippen LogP contribution in [0.3, 0.4) is 0 Å². The fourth-order valence-electron chi connectivity index (χ4n) is 1.37. The predicted octanol–water partition coefficient (Wildman–Crippen LogP) is 2.42. The second-order valence-electron chi connectivity index (χ2n) is 3.53. The van der Waals surface area contributed by atoms with E-state index in [0.717, 1.165) is 0 Å². The Morgan fingerprint density at radius 3 is 2.50 bits per heavy atom. The molecule has 0 aliphatic heterocycles. The third-order valence-corrected chi connectivity index (χ3v) is 2.20. The zero-order valence-electron chi connectivity index (χ0n) is 8.77. The molecular formula is C12H11FN2O. The first-order valence-electron chi connectivity index (χ1n) is 4.84. The van der Waals surface area contributed by atoms with Crippen molar-refractivity contribution < 1.29 is 9.18 Å². The molecule has 4 heteroatoms. The predicted molar refractivity (Wildman–Crippen MR) is 59.8 cm³/mol. The van der Waals surface area contributed by atoms with E-state index < -0.39 is 0 Å². The van der Waals surface area contributed by atoms with Crippen LogP contribution in [0.15, 0.2) is 42.7 Å². The van der Waals surface area contributed by atoms with Crippen LogP contribution in [0.5, 0.6) is 0 Å². The second-order valence-corrected chi connectivity index (χ2v) is 3.53. The molecule has 0 radical (unpaired) electrons. The van der Waals surface area contributed by atoms with Crippen molar-refractivity contribution in [2.24, 2.45) is 7.05 Å². The zero-order valence-corrected chi connectivity index (χ0v) is 8.77. The number of carbonyl (C=O) groups is 1. The summed E-state index contributed by atoms with van der Waals surface area (Å²) in [7, 11) is 1.84. The molecule has 0 saturated carbocycles. The highest BCUT2D eigenvalue weighted by molar-refractivity contribution is 6.04. The molecule has 2 aromatic rings. The Morgan fingerprint density at radius 1 is 1.25 bits per heavy atom. The second kappa shape index (κ2) is 4.18. The highest BCUT2D eigenvalue weighted by atomic mass is 19.1. The van der Waals surface area contributed by atoms with Gasteiger partial charge in [0.05, 0.1) is 5.56 Å². The van der Waals surface area contributed by atoms with Gasteiger partial charge in [-0.15, -0.1) is 0 Å². The molecule has 0 spiro atoms. The maximum Gasteiger partial charge on any atom is 0.257 e. The van der Waals surface area contributed by atoms with Crippen LogP contribution in [-0.2, 0) is 7.05 Å². The Morgan fingerprint density at radius 2 is 1.94 bits per heavy atom. The number of aryl methyl sites for hydroxylation is 1. The highest BCUT2D eigenvalue weighted by Gasteiger charge is 2.06. The number of aromatic nitrogens is 1. The van der Waals surface area contributed by atoms with E-state index in [9.17, 15) is 9.18 Å². The minimum absolute atomic E-state index is 0.202. The molecule has 1 aromatic carbocycles. The van der Waals surface area contributed by atoms with E-state index in [2.05, 4.69) is 5.32 Å². The molecule has 0 aliphatic carbocycles. The third kappa shape index (κ3) is 2.28. The quantitative estimate of drug-likeness (QED) is 0.825. The molecule has 1 N–H and O–H groups in total. The van der Waals surface area contributed by atoms with Crippen molar-refractivity contribution in [2.75, 3.05) is 5.32 Å². The van der Waals surface area contributed by atoms with Crippen molar-refractivity contribution in [3.05, 3.63) is 54.1 Å². The van der Waals surface area contributed by atoms with Crippen LogP contribution in [-0.4, -0.2) is 10.5 Å². The summed E-state index contributed by atoms with van der Waals surface area (Å²) in [4.78, 5) is 11.7. The molecule has 1 amide bonds. The molecule has 0 unspecified atom stereocenters. The number of halogens is 1. The van der Waals surface area contributed by atoms with Gasteiger partial charge in [-0.1, -0.05) is 0 Å².